The smallest absolute Gasteiger partial charge is 0.231 e. The Morgan fingerprint density at radius 1 is 1.06 bits per heavy atom. The maximum Gasteiger partial charge on any atom is 0.231 e. The Hall–Kier alpha value is -2.95. The lowest BCUT2D eigenvalue weighted by atomic mass is 9.71. The summed E-state index contributed by atoms with van der Waals surface area (Å²) in [4.78, 5) is 7.51. The Morgan fingerprint density at radius 3 is 2.58 bits per heavy atom. The van der Waals surface area contributed by atoms with Crippen LogP contribution in [0.25, 0.3) is 0 Å². The highest BCUT2D eigenvalue weighted by Crippen LogP contribution is 2.49. The molecule has 0 radical (unpaired) electrons. The zero-order chi connectivity index (χ0) is 22.7. The number of aryl methyl sites for hydroxylation is 1. The SMILES string of the molecule is CCCCN(c1nccn1C)C(Cc1ccc2c(c1)OCO2)(c1ccccc1)C1CCCC1. The zero-order valence-corrected chi connectivity index (χ0v) is 19.9. The van der Waals surface area contributed by atoms with Crippen molar-refractivity contribution in [2.24, 2.45) is 13.0 Å². The van der Waals surface area contributed by atoms with Crippen LogP contribution in [0.15, 0.2) is 60.9 Å². The first kappa shape index (κ1) is 21.9. The van der Waals surface area contributed by atoms with Crippen LogP contribution in [0.4, 0.5) is 5.95 Å². The van der Waals surface area contributed by atoms with Gasteiger partial charge in [0.05, 0.1) is 5.54 Å². The predicted molar refractivity (Wildman–Crippen MR) is 132 cm³/mol. The molecule has 0 spiro atoms. The van der Waals surface area contributed by atoms with Crippen molar-refractivity contribution in [2.45, 2.75) is 57.4 Å². The molecule has 1 fully saturated rings. The molecule has 1 aromatic heterocycles. The fraction of sp³-hybridized carbons (Fsp3) is 0.464. The minimum absolute atomic E-state index is 0.181. The molecule has 2 aliphatic rings. The molecule has 0 bridgehead atoms. The van der Waals surface area contributed by atoms with Gasteiger partial charge in [0.15, 0.2) is 11.5 Å². The van der Waals surface area contributed by atoms with Crippen molar-refractivity contribution < 1.29 is 9.47 Å². The summed E-state index contributed by atoms with van der Waals surface area (Å²) >= 11 is 0. The van der Waals surface area contributed by atoms with Crippen LogP contribution in [0, 0.1) is 5.92 Å². The van der Waals surface area contributed by atoms with Crippen LogP contribution < -0.4 is 14.4 Å². The fourth-order valence-corrected chi connectivity index (χ4v) is 5.86. The first-order chi connectivity index (χ1) is 16.2. The zero-order valence-electron chi connectivity index (χ0n) is 19.9. The molecule has 33 heavy (non-hydrogen) atoms. The second kappa shape index (κ2) is 9.50. The molecule has 174 valence electrons. The van der Waals surface area contributed by atoms with E-state index in [0.717, 1.165) is 43.3 Å². The average molecular weight is 446 g/mol. The van der Waals surface area contributed by atoms with Gasteiger partial charge in [-0.2, -0.15) is 0 Å². The molecule has 1 atom stereocenters. The molecule has 1 saturated carbocycles. The Balaban J connectivity index is 1.69. The number of benzene rings is 2. The number of nitrogens with zero attached hydrogens (tertiary/aromatic N) is 3. The lowest BCUT2D eigenvalue weighted by molar-refractivity contribution is 0.174. The number of ether oxygens (including phenoxy) is 2. The van der Waals surface area contributed by atoms with Gasteiger partial charge in [0.25, 0.3) is 0 Å². The molecule has 1 aliphatic carbocycles. The van der Waals surface area contributed by atoms with Gasteiger partial charge in [-0.1, -0.05) is 62.6 Å². The Morgan fingerprint density at radius 2 is 1.85 bits per heavy atom. The Labute approximate surface area is 197 Å². The van der Waals surface area contributed by atoms with Crippen molar-refractivity contribution in [3.8, 4) is 11.5 Å². The largest absolute Gasteiger partial charge is 0.454 e. The fourth-order valence-electron chi connectivity index (χ4n) is 5.86. The van der Waals surface area contributed by atoms with Crippen LogP contribution in [0.2, 0.25) is 0 Å². The standard InChI is InChI=1S/C28H35N3O2/c1-3-4-17-31(27-29-16-18-30(27)2)28(24-12-8-9-13-24,23-10-6-5-7-11-23)20-22-14-15-25-26(19-22)33-21-32-25/h5-7,10-11,14-16,18-19,24H,3-4,8-9,12-13,17,20-21H2,1-2H3. The van der Waals surface area contributed by atoms with Crippen molar-refractivity contribution in [1.29, 1.82) is 0 Å². The van der Waals surface area contributed by atoms with Crippen molar-refractivity contribution in [1.82, 2.24) is 9.55 Å². The van der Waals surface area contributed by atoms with E-state index in [4.69, 9.17) is 14.5 Å². The third kappa shape index (κ3) is 4.09. The van der Waals surface area contributed by atoms with Gasteiger partial charge >= 0.3 is 0 Å². The molecule has 0 N–H and O–H groups in total. The third-order valence-corrected chi connectivity index (χ3v) is 7.47. The van der Waals surface area contributed by atoms with Gasteiger partial charge in [0.2, 0.25) is 12.7 Å². The van der Waals surface area contributed by atoms with E-state index in [2.05, 4.69) is 78.2 Å². The number of rotatable bonds is 9. The van der Waals surface area contributed by atoms with E-state index in [1.165, 1.54) is 36.8 Å². The number of imidazole rings is 1. The van der Waals surface area contributed by atoms with E-state index in [0.29, 0.717) is 12.7 Å². The molecule has 0 amide bonds. The van der Waals surface area contributed by atoms with Gasteiger partial charge in [-0.15, -0.1) is 0 Å². The molecule has 5 rings (SSSR count). The number of hydrogen-bond acceptors (Lipinski definition) is 4. The molecule has 5 heteroatoms. The number of anilines is 1. The highest BCUT2D eigenvalue weighted by Gasteiger charge is 2.47. The Bertz CT molecular complexity index is 1060. The topological polar surface area (TPSA) is 39.5 Å². The minimum Gasteiger partial charge on any atom is -0.454 e. The van der Waals surface area contributed by atoms with Gasteiger partial charge in [0, 0.05) is 32.4 Å². The number of aromatic nitrogens is 2. The summed E-state index contributed by atoms with van der Waals surface area (Å²) in [6.07, 6.45) is 12.3. The first-order valence-electron chi connectivity index (χ1n) is 12.4. The molecule has 1 unspecified atom stereocenters. The van der Waals surface area contributed by atoms with Gasteiger partial charge in [-0.25, -0.2) is 4.98 Å². The van der Waals surface area contributed by atoms with Crippen molar-refractivity contribution in [3.05, 3.63) is 72.1 Å². The van der Waals surface area contributed by atoms with E-state index >= 15 is 0 Å². The summed E-state index contributed by atoms with van der Waals surface area (Å²) < 4.78 is 13.5. The minimum atomic E-state index is -0.181. The molecule has 2 heterocycles. The molecular weight excluding hydrogens is 410 g/mol. The summed E-state index contributed by atoms with van der Waals surface area (Å²) in [6, 6.07) is 17.6. The molecular formula is C28H35N3O2. The van der Waals surface area contributed by atoms with Crippen LogP contribution >= 0.6 is 0 Å². The summed E-state index contributed by atoms with van der Waals surface area (Å²) in [7, 11) is 2.12. The van der Waals surface area contributed by atoms with E-state index in [9.17, 15) is 0 Å². The lowest BCUT2D eigenvalue weighted by Gasteiger charge is -2.49. The molecule has 3 aromatic rings. The number of hydrogen-bond donors (Lipinski definition) is 0. The highest BCUT2D eigenvalue weighted by molar-refractivity contribution is 5.49. The predicted octanol–water partition coefficient (Wildman–Crippen LogP) is 6.08. The van der Waals surface area contributed by atoms with Crippen LogP contribution in [0.1, 0.15) is 56.6 Å². The quantitative estimate of drug-likeness (QED) is 0.400. The van der Waals surface area contributed by atoms with E-state index < -0.39 is 0 Å². The van der Waals surface area contributed by atoms with Gasteiger partial charge in [-0.05, 0) is 48.4 Å². The summed E-state index contributed by atoms with van der Waals surface area (Å²) in [5.74, 6) is 3.31. The molecule has 2 aromatic carbocycles. The second-order valence-corrected chi connectivity index (χ2v) is 9.48. The van der Waals surface area contributed by atoms with Crippen molar-refractivity contribution >= 4 is 5.95 Å². The third-order valence-electron chi connectivity index (χ3n) is 7.47. The average Bonchev–Trinajstić information content (AvgIpc) is 3.61. The second-order valence-electron chi connectivity index (χ2n) is 9.48. The summed E-state index contributed by atoms with van der Waals surface area (Å²) in [6.45, 7) is 3.56. The van der Waals surface area contributed by atoms with E-state index in [1.54, 1.807) is 0 Å². The monoisotopic (exact) mass is 445 g/mol. The van der Waals surface area contributed by atoms with Gasteiger partial charge < -0.3 is 18.9 Å². The number of unbranched alkanes of at least 4 members (excludes halogenated alkanes) is 1. The molecule has 5 nitrogen and oxygen atoms in total. The maximum absolute atomic E-state index is 5.75. The van der Waals surface area contributed by atoms with Crippen LogP contribution in [0.3, 0.4) is 0 Å². The van der Waals surface area contributed by atoms with Crippen LogP contribution in [-0.2, 0) is 19.0 Å². The molecule has 0 saturated heterocycles. The van der Waals surface area contributed by atoms with Gasteiger partial charge in [0.1, 0.15) is 0 Å². The van der Waals surface area contributed by atoms with Crippen molar-refractivity contribution in [3.63, 3.8) is 0 Å². The maximum atomic E-state index is 5.75. The number of fused-ring (bicyclic) bond motifs is 1. The van der Waals surface area contributed by atoms with E-state index in [-0.39, 0.29) is 5.54 Å². The highest BCUT2D eigenvalue weighted by atomic mass is 16.7. The Kier molecular flexibility index (Phi) is 6.30. The van der Waals surface area contributed by atoms with Crippen LogP contribution in [-0.4, -0.2) is 22.9 Å². The first-order valence-corrected chi connectivity index (χ1v) is 12.4. The molecule has 1 aliphatic heterocycles. The lowest BCUT2D eigenvalue weighted by Crippen LogP contribution is -2.54. The van der Waals surface area contributed by atoms with Crippen LogP contribution in [0.5, 0.6) is 11.5 Å². The normalized spacial score (nSPS) is 17.3. The summed E-state index contributed by atoms with van der Waals surface area (Å²) in [5.41, 5.74) is 2.49. The van der Waals surface area contributed by atoms with E-state index in [1.807, 2.05) is 6.20 Å². The van der Waals surface area contributed by atoms with Gasteiger partial charge in [-0.3, -0.25) is 0 Å². The van der Waals surface area contributed by atoms with Crippen molar-refractivity contribution in [2.75, 3.05) is 18.2 Å². The summed E-state index contributed by atoms with van der Waals surface area (Å²) in [5, 5.41) is 0.